The maximum atomic E-state index is 12.1. The molecule has 5 heteroatoms. The molecule has 4 nitrogen and oxygen atoms in total. The summed E-state index contributed by atoms with van der Waals surface area (Å²) in [6.45, 7) is 4.58. The molecule has 1 amide bonds. The molecule has 0 bridgehead atoms. The molecule has 0 atom stereocenters. The second kappa shape index (κ2) is 6.79. The number of nitrogens with zero attached hydrogens (tertiary/aromatic N) is 1. The molecule has 0 saturated heterocycles. The van der Waals surface area contributed by atoms with E-state index in [-0.39, 0.29) is 11.3 Å². The first-order chi connectivity index (χ1) is 11.1. The molecular weight excluding hydrogens is 308 g/mol. The standard InChI is InChI=1S/C18H22N2O2S/c1-13-16(14(2)22-20-13)10-23-11-17(21)19-12-18(8-9-18)15-6-4-3-5-7-15/h3-7H,8-12H2,1-2H3,(H,19,21). The third-order valence-electron chi connectivity index (χ3n) is 4.52. The van der Waals surface area contributed by atoms with E-state index in [1.54, 1.807) is 11.8 Å². The van der Waals surface area contributed by atoms with Crippen molar-refractivity contribution in [3.63, 3.8) is 0 Å². The van der Waals surface area contributed by atoms with Gasteiger partial charge in [-0.2, -0.15) is 0 Å². The first-order valence-corrected chi connectivity index (χ1v) is 9.08. The molecule has 122 valence electrons. The van der Waals surface area contributed by atoms with Crippen LogP contribution in [0.5, 0.6) is 0 Å². The molecule has 0 spiro atoms. The van der Waals surface area contributed by atoms with Crippen LogP contribution in [-0.4, -0.2) is 23.4 Å². The van der Waals surface area contributed by atoms with Gasteiger partial charge in [0.1, 0.15) is 5.76 Å². The van der Waals surface area contributed by atoms with Crippen LogP contribution in [0.3, 0.4) is 0 Å². The Morgan fingerprint density at radius 2 is 2.04 bits per heavy atom. The fourth-order valence-electron chi connectivity index (χ4n) is 2.78. The van der Waals surface area contributed by atoms with Crippen LogP contribution in [0.15, 0.2) is 34.9 Å². The quantitative estimate of drug-likeness (QED) is 0.845. The minimum atomic E-state index is 0.101. The summed E-state index contributed by atoms with van der Waals surface area (Å²) >= 11 is 1.60. The number of aryl methyl sites for hydroxylation is 2. The molecular formula is C18H22N2O2S. The van der Waals surface area contributed by atoms with Crippen LogP contribution in [-0.2, 0) is 16.0 Å². The fraction of sp³-hybridized carbons (Fsp3) is 0.444. The molecule has 1 heterocycles. The molecule has 1 fully saturated rings. The van der Waals surface area contributed by atoms with Gasteiger partial charge in [-0.1, -0.05) is 35.5 Å². The molecule has 0 unspecified atom stereocenters. The predicted molar refractivity (Wildman–Crippen MR) is 92.5 cm³/mol. The van der Waals surface area contributed by atoms with Gasteiger partial charge in [0.2, 0.25) is 5.91 Å². The monoisotopic (exact) mass is 330 g/mol. The van der Waals surface area contributed by atoms with E-state index >= 15 is 0 Å². The SMILES string of the molecule is Cc1noc(C)c1CSCC(=O)NCC1(c2ccccc2)CC1. The summed E-state index contributed by atoms with van der Waals surface area (Å²) in [5.41, 5.74) is 3.52. The lowest BCUT2D eigenvalue weighted by Gasteiger charge is -2.16. The average molecular weight is 330 g/mol. The molecule has 0 aliphatic heterocycles. The number of benzene rings is 1. The van der Waals surface area contributed by atoms with Gasteiger partial charge >= 0.3 is 0 Å². The summed E-state index contributed by atoms with van der Waals surface area (Å²) in [6, 6.07) is 10.5. The summed E-state index contributed by atoms with van der Waals surface area (Å²) in [7, 11) is 0. The van der Waals surface area contributed by atoms with Crippen molar-refractivity contribution in [2.75, 3.05) is 12.3 Å². The van der Waals surface area contributed by atoms with Crippen molar-refractivity contribution in [1.29, 1.82) is 0 Å². The molecule has 1 aliphatic carbocycles. The lowest BCUT2D eigenvalue weighted by atomic mass is 9.96. The van der Waals surface area contributed by atoms with Crippen molar-refractivity contribution in [2.24, 2.45) is 0 Å². The number of hydrogen-bond acceptors (Lipinski definition) is 4. The molecule has 1 saturated carbocycles. The fourth-order valence-corrected chi connectivity index (χ4v) is 3.79. The number of carbonyl (C=O) groups is 1. The molecule has 1 aromatic carbocycles. The Morgan fingerprint density at radius 3 is 2.65 bits per heavy atom. The van der Waals surface area contributed by atoms with E-state index in [9.17, 15) is 4.79 Å². The highest BCUT2D eigenvalue weighted by Gasteiger charge is 2.44. The van der Waals surface area contributed by atoms with Crippen LogP contribution >= 0.6 is 11.8 Å². The minimum Gasteiger partial charge on any atom is -0.361 e. The number of hydrogen-bond donors (Lipinski definition) is 1. The number of amides is 1. The maximum Gasteiger partial charge on any atom is 0.230 e. The highest BCUT2D eigenvalue weighted by Crippen LogP contribution is 2.47. The van der Waals surface area contributed by atoms with E-state index in [2.05, 4.69) is 34.7 Å². The first-order valence-electron chi connectivity index (χ1n) is 7.92. The average Bonchev–Trinajstić information content (AvgIpc) is 3.30. The highest BCUT2D eigenvalue weighted by atomic mass is 32.2. The summed E-state index contributed by atoms with van der Waals surface area (Å²) in [5, 5.41) is 7.03. The third kappa shape index (κ3) is 3.78. The van der Waals surface area contributed by atoms with Crippen molar-refractivity contribution >= 4 is 17.7 Å². The highest BCUT2D eigenvalue weighted by molar-refractivity contribution is 7.99. The van der Waals surface area contributed by atoms with Crippen molar-refractivity contribution < 1.29 is 9.32 Å². The van der Waals surface area contributed by atoms with Gasteiger partial charge in [0.25, 0.3) is 0 Å². The lowest BCUT2D eigenvalue weighted by molar-refractivity contribution is -0.118. The summed E-state index contributed by atoms with van der Waals surface area (Å²) < 4.78 is 5.14. The van der Waals surface area contributed by atoms with E-state index in [0.29, 0.717) is 5.75 Å². The zero-order valence-corrected chi connectivity index (χ0v) is 14.4. The molecule has 3 rings (SSSR count). The smallest absolute Gasteiger partial charge is 0.230 e. The zero-order chi connectivity index (χ0) is 16.3. The number of carbonyl (C=O) groups excluding carboxylic acids is 1. The van der Waals surface area contributed by atoms with Crippen LogP contribution < -0.4 is 5.32 Å². The van der Waals surface area contributed by atoms with Gasteiger partial charge in [0.15, 0.2) is 0 Å². The van der Waals surface area contributed by atoms with E-state index in [4.69, 9.17) is 4.52 Å². The Bertz CT molecular complexity index is 658. The van der Waals surface area contributed by atoms with Crippen LogP contribution in [0.4, 0.5) is 0 Å². The summed E-state index contributed by atoms with van der Waals surface area (Å²) in [6.07, 6.45) is 2.31. The topological polar surface area (TPSA) is 55.1 Å². The van der Waals surface area contributed by atoms with E-state index in [1.807, 2.05) is 19.9 Å². The van der Waals surface area contributed by atoms with Gasteiger partial charge in [-0.3, -0.25) is 4.79 Å². The Morgan fingerprint density at radius 1 is 1.30 bits per heavy atom. The number of aromatic nitrogens is 1. The lowest BCUT2D eigenvalue weighted by Crippen LogP contribution is -2.33. The van der Waals surface area contributed by atoms with E-state index in [0.717, 1.165) is 42.2 Å². The maximum absolute atomic E-state index is 12.1. The molecule has 1 N–H and O–H groups in total. The van der Waals surface area contributed by atoms with E-state index in [1.165, 1.54) is 5.56 Å². The molecule has 0 radical (unpaired) electrons. The van der Waals surface area contributed by atoms with E-state index < -0.39 is 0 Å². The van der Waals surface area contributed by atoms with Crippen molar-refractivity contribution in [3.8, 4) is 0 Å². The normalized spacial score (nSPS) is 15.4. The van der Waals surface area contributed by atoms with Crippen LogP contribution in [0.25, 0.3) is 0 Å². The Kier molecular flexibility index (Phi) is 4.76. The van der Waals surface area contributed by atoms with Crippen molar-refractivity contribution in [1.82, 2.24) is 10.5 Å². The second-order valence-corrected chi connectivity index (χ2v) is 7.20. The Hall–Kier alpha value is -1.75. The molecule has 23 heavy (non-hydrogen) atoms. The van der Waals surface area contributed by atoms with Gasteiger partial charge in [0.05, 0.1) is 11.4 Å². The summed E-state index contributed by atoms with van der Waals surface area (Å²) in [5.74, 6) is 2.17. The first kappa shape index (κ1) is 16.1. The Labute approximate surface area is 141 Å². The predicted octanol–water partition coefficient (Wildman–Crippen LogP) is 3.37. The van der Waals surface area contributed by atoms with Gasteiger partial charge in [-0.25, -0.2) is 0 Å². The van der Waals surface area contributed by atoms with Crippen LogP contribution in [0.1, 0.15) is 35.4 Å². The number of rotatable bonds is 7. The minimum absolute atomic E-state index is 0.101. The molecule has 2 aromatic rings. The number of thioether (sulfide) groups is 1. The second-order valence-electron chi connectivity index (χ2n) is 6.22. The Balaban J connectivity index is 1.44. The molecule has 1 aromatic heterocycles. The van der Waals surface area contributed by atoms with Crippen LogP contribution in [0.2, 0.25) is 0 Å². The van der Waals surface area contributed by atoms with Gasteiger partial charge in [0, 0.05) is 23.3 Å². The van der Waals surface area contributed by atoms with Crippen LogP contribution in [0, 0.1) is 13.8 Å². The van der Waals surface area contributed by atoms with Gasteiger partial charge in [-0.15, -0.1) is 11.8 Å². The zero-order valence-electron chi connectivity index (χ0n) is 13.6. The summed E-state index contributed by atoms with van der Waals surface area (Å²) in [4.78, 5) is 12.1. The van der Waals surface area contributed by atoms with Gasteiger partial charge < -0.3 is 9.84 Å². The third-order valence-corrected chi connectivity index (χ3v) is 5.48. The van der Waals surface area contributed by atoms with Crippen molar-refractivity contribution in [3.05, 3.63) is 52.9 Å². The van der Waals surface area contributed by atoms with Gasteiger partial charge in [-0.05, 0) is 32.3 Å². The number of nitrogens with one attached hydrogen (secondary N) is 1. The van der Waals surface area contributed by atoms with Crippen molar-refractivity contribution in [2.45, 2.75) is 37.9 Å². The molecule has 1 aliphatic rings. The largest absolute Gasteiger partial charge is 0.361 e.